The Morgan fingerprint density at radius 3 is 0.700 bits per heavy atom. The zero-order valence-electron chi connectivity index (χ0n) is 15.6. The van der Waals surface area contributed by atoms with Crippen molar-refractivity contribution in [3.05, 3.63) is 124 Å². The van der Waals surface area contributed by atoms with Crippen molar-refractivity contribution in [3.63, 3.8) is 0 Å². The Labute approximate surface area is 192 Å². The van der Waals surface area contributed by atoms with Gasteiger partial charge in [0.15, 0.2) is 0 Å². The normalized spacial score (nSPS) is 7.03. The molecule has 0 atom stereocenters. The zero-order valence-corrected chi connectivity index (χ0v) is 19.0. The SMILES string of the molecule is [C-]#[O+].[C-]#[O+].[C-]#[O+].[C-]#[O+].[C-]#[O+].[Cr+5].c1ccc([AsH](c2ccccc2)c2ccccc2)cc1. The summed E-state index contributed by atoms with van der Waals surface area (Å²) in [5, 5.41) is 0. The Morgan fingerprint density at radius 1 is 0.367 bits per heavy atom. The average Bonchev–Trinajstić information content (AvgIpc) is 2.88. The van der Waals surface area contributed by atoms with E-state index in [0.717, 1.165) is 0 Å². The van der Waals surface area contributed by atoms with E-state index in [1.165, 1.54) is 13.1 Å². The van der Waals surface area contributed by atoms with Crippen molar-refractivity contribution in [2.45, 2.75) is 0 Å². The third kappa shape index (κ3) is 13.6. The molecule has 0 aliphatic rings. The van der Waals surface area contributed by atoms with Crippen molar-refractivity contribution in [3.8, 4) is 0 Å². The predicted molar refractivity (Wildman–Crippen MR) is 105 cm³/mol. The van der Waals surface area contributed by atoms with E-state index in [1.54, 1.807) is 0 Å². The first-order valence-electron chi connectivity index (χ1n) is 7.50. The van der Waals surface area contributed by atoms with Crippen molar-refractivity contribution in [1.82, 2.24) is 0 Å². The molecule has 0 aliphatic heterocycles. The van der Waals surface area contributed by atoms with Crippen LogP contribution in [-0.4, -0.2) is 14.7 Å². The van der Waals surface area contributed by atoms with Crippen LogP contribution in [0.4, 0.5) is 0 Å². The molecule has 3 rings (SSSR count). The van der Waals surface area contributed by atoms with Gasteiger partial charge in [-0.15, -0.1) is 0 Å². The van der Waals surface area contributed by atoms with Gasteiger partial charge in [0.25, 0.3) is 0 Å². The monoisotopic (exact) mass is 499 g/mol. The summed E-state index contributed by atoms with van der Waals surface area (Å²) in [6.07, 6.45) is 0. The molecule has 0 N–H and O–H groups in total. The molecule has 3 aromatic rings. The summed E-state index contributed by atoms with van der Waals surface area (Å²) in [6.45, 7) is 22.5. The van der Waals surface area contributed by atoms with Crippen molar-refractivity contribution >= 4 is 27.7 Å². The fourth-order valence-corrected chi connectivity index (χ4v) is 7.72. The molecule has 5 nitrogen and oxygen atoms in total. The van der Waals surface area contributed by atoms with Crippen molar-refractivity contribution in [2.24, 2.45) is 0 Å². The molecule has 0 fully saturated rings. The zero-order chi connectivity index (χ0) is 22.9. The van der Waals surface area contributed by atoms with Gasteiger partial charge in [0.05, 0.1) is 0 Å². The fraction of sp³-hybridized carbons (Fsp3) is 0. The minimum atomic E-state index is -1.63. The van der Waals surface area contributed by atoms with Crippen LogP contribution in [0.2, 0.25) is 0 Å². The second-order valence-corrected chi connectivity index (χ2v) is 9.68. The van der Waals surface area contributed by atoms with E-state index in [4.69, 9.17) is 23.3 Å². The van der Waals surface area contributed by atoms with Crippen LogP contribution >= 0.6 is 0 Å². The summed E-state index contributed by atoms with van der Waals surface area (Å²) in [7, 11) is 0. The molecule has 0 aromatic heterocycles. The molecule has 7 heteroatoms. The summed E-state index contributed by atoms with van der Waals surface area (Å²) in [5.41, 5.74) is 0. The quantitative estimate of drug-likeness (QED) is 0.298. The van der Waals surface area contributed by atoms with Crippen LogP contribution < -0.4 is 13.1 Å². The second-order valence-electron chi connectivity index (χ2n) is 4.47. The summed E-state index contributed by atoms with van der Waals surface area (Å²) in [6, 6.07) is 32.8. The molecule has 144 valence electrons. The van der Waals surface area contributed by atoms with E-state index in [0.29, 0.717) is 0 Å². The van der Waals surface area contributed by atoms with Gasteiger partial charge in [-0.05, 0) is 0 Å². The van der Waals surface area contributed by atoms with E-state index in [2.05, 4.69) is 124 Å². The van der Waals surface area contributed by atoms with Crippen LogP contribution in [0.1, 0.15) is 0 Å². The van der Waals surface area contributed by atoms with Gasteiger partial charge >= 0.3 is 193 Å². The van der Waals surface area contributed by atoms with E-state index in [1.807, 2.05) is 0 Å². The third-order valence-electron chi connectivity index (χ3n) is 3.19. The maximum absolute atomic E-state index is 7.50. The number of hydrogen-bond acceptors (Lipinski definition) is 0. The fourth-order valence-electron chi connectivity index (χ4n) is 2.31. The van der Waals surface area contributed by atoms with Crippen LogP contribution in [0.15, 0.2) is 91.0 Å². The van der Waals surface area contributed by atoms with E-state index >= 15 is 0 Å². The number of hydrogen-bond donors (Lipinski definition) is 0. The molecule has 2 radical (unpaired) electrons. The van der Waals surface area contributed by atoms with Crippen LogP contribution in [0.25, 0.3) is 0 Å². The molecule has 0 saturated heterocycles. The van der Waals surface area contributed by atoms with E-state index < -0.39 is 14.7 Å². The Bertz CT molecular complexity index is 716. The minimum absolute atomic E-state index is 0. The molecule has 3 aromatic carbocycles. The number of benzene rings is 3. The van der Waals surface area contributed by atoms with Crippen LogP contribution in [-0.2, 0) is 40.6 Å². The topological polar surface area (TPSA) is 99.5 Å². The van der Waals surface area contributed by atoms with Gasteiger partial charge < -0.3 is 0 Å². The average molecular weight is 499 g/mol. The standard InChI is InChI=1S/C18H16As.5CO.Cr/c1-4-10-16(11-5-1)19(17-12-6-2-7-13-17)18-14-8-3-9-15-18;5*1-2;/h1-15,19H;;;;;;/q;;;;;;+5. The number of rotatable bonds is 3. The summed E-state index contributed by atoms with van der Waals surface area (Å²) >= 11 is -1.63. The summed E-state index contributed by atoms with van der Waals surface area (Å²) in [4.78, 5) is 0. The molecule has 0 saturated carbocycles. The van der Waals surface area contributed by atoms with Crippen LogP contribution in [0.3, 0.4) is 0 Å². The molecular formula is C23H16AsCrO5+5. The molecule has 0 unspecified atom stereocenters. The van der Waals surface area contributed by atoms with Crippen LogP contribution in [0.5, 0.6) is 0 Å². The Morgan fingerprint density at radius 2 is 0.533 bits per heavy atom. The summed E-state index contributed by atoms with van der Waals surface area (Å²) < 4.78 is 42.0. The first-order chi connectivity index (χ1) is 14.4. The molecular weight excluding hydrogens is 483 g/mol. The van der Waals surface area contributed by atoms with Crippen molar-refractivity contribution < 1.29 is 40.6 Å². The molecule has 0 amide bonds. The van der Waals surface area contributed by atoms with Gasteiger partial charge in [-0.25, -0.2) is 0 Å². The van der Waals surface area contributed by atoms with Crippen molar-refractivity contribution in [2.75, 3.05) is 0 Å². The summed E-state index contributed by atoms with van der Waals surface area (Å²) in [5.74, 6) is 0. The van der Waals surface area contributed by atoms with Crippen molar-refractivity contribution in [1.29, 1.82) is 0 Å². The Balaban J connectivity index is -0.000000271. The van der Waals surface area contributed by atoms with E-state index in [-0.39, 0.29) is 17.4 Å². The molecule has 0 aliphatic carbocycles. The van der Waals surface area contributed by atoms with Gasteiger partial charge in [-0.3, -0.25) is 0 Å². The molecule has 0 heterocycles. The van der Waals surface area contributed by atoms with Gasteiger partial charge in [-0.1, -0.05) is 0 Å². The molecule has 0 bridgehead atoms. The van der Waals surface area contributed by atoms with Gasteiger partial charge in [0, 0.05) is 0 Å². The van der Waals surface area contributed by atoms with E-state index in [9.17, 15) is 0 Å². The maximum atomic E-state index is 7.50. The Hall–Kier alpha value is -2.55. The van der Waals surface area contributed by atoms with Gasteiger partial charge in [0.1, 0.15) is 0 Å². The second kappa shape index (κ2) is 28.7. The van der Waals surface area contributed by atoms with Crippen LogP contribution in [0, 0.1) is 33.3 Å². The third-order valence-corrected chi connectivity index (χ3v) is 8.92. The molecule has 0 spiro atoms. The van der Waals surface area contributed by atoms with Gasteiger partial charge in [0.2, 0.25) is 0 Å². The first-order valence-corrected chi connectivity index (χ1v) is 10.6. The predicted octanol–water partition coefficient (Wildman–Crippen LogP) is 1.75. The molecule has 30 heavy (non-hydrogen) atoms. The van der Waals surface area contributed by atoms with Gasteiger partial charge in [-0.2, -0.15) is 0 Å². The first kappa shape index (κ1) is 34.9. The Kier molecular flexibility index (Phi) is 33.4.